The molecule has 1 rings (SSSR count). The minimum atomic E-state index is -2.99. The highest BCUT2D eigenvalue weighted by molar-refractivity contribution is 9.10. The first-order valence-electron chi connectivity index (χ1n) is 5.28. The number of sulfone groups is 1. The molecule has 1 N–H and O–H groups in total. The Morgan fingerprint density at radius 2 is 2.12 bits per heavy atom. The van der Waals surface area contributed by atoms with Gasteiger partial charge in [0.25, 0.3) is 0 Å². The Labute approximate surface area is 110 Å². The van der Waals surface area contributed by atoms with Gasteiger partial charge in [-0.3, -0.25) is 0 Å². The van der Waals surface area contributed by atoms with Crippen LogP contribution in [0, 0.1) is 0 Å². The van der Waals surface area contributed by atoms with Crippen molar-refractivity contribution in [2.45, 2.75) is 26.3 Å². The lowest BCUT2D eigenvalue weighted by Gasteiger charge is -2.14. The second-order valence-electron chi connectivity index (χ2n) is 3.98. The maximum absolute atomic E-state index is 11.1. The zero-order valence-corrected chi connectivity index (χ0v) is 12.5. The summed E-state index contributed by atoms with van der Waals surface area (Å²) in [6.07, 6.45) is 1.95. The van der Waals surface area contributed by atoms with Gasteiger partial charge in [-0.05, 0) is 22.9 Å². The Kier molecular flexibility index (Phi) is 4.88. The van der Waals surface area contributed by atoms with Crippen molar-refractivity contribution < 1.29 is 8.42 Å². The molecule has 1 atom stereocenters. The number of halogens is 1. The largest absolute Gasteiger partial charge is 0.366 e. The van der Waals surface area contributed by atoms with Crippen molar-refractivity contribution in [3.8, 4) is 0 Å². The van der Waals surface area contributed by atoms with Crippen LogP contribution in [0.25, 0.3) is 0 Å². The Balaban J connectivity index is 2.77. The van der Waals surface area contributed by atoms with Gasteiger partial charge in [-0.15, -0.1) is 0 Å². The molecule has 1 unspecified atom stereocenters. The number of nitrogens with one attached hydrogen (secondary N) is 1. The van der Waals surface area contributed by atoms with Crippen molar-refractivity contribution in [2.24, 2.45) is 0 Å². The van der Waals surface area contributed by atoms with Gasteiger partial charge in [0, 0.05) is 24.8 Å². The Hall–Kier alpha value is -0.690. The summed E-state index contributed by atoms with van der Waals surface area (Å²) in [6.45, 7) is 3.77. The quantitative estimate of drug-likeness (QED) is 0.835. The molecule has 0 spiro atoms. The van der Waals surface area contributed by atoms with Gasteiger partial charge in [0.1, 0.15) is 26.1 Å². The van der Waals surface area contributed by atoms with E-state index in [2.05, 4.69) is 31.2 Å². The number of nitrogens with zero attached hydrogens (tertiary/aromatic N) is 2. The van der Waals surface area contributed by atoms with Gasteiger partial charge in [-0.1, -0.05) is 6.92 Å². The highest BCUT2D eigenvalue weighted by Crippen LogP contribution is 2.13. The number of hydrogen-bond acceptors (Lipinski definition) is 5. The fourth-order valence-corrected chi connectivity index (χ4v) is 2.86. The Morgan fingerprint density at radius 3 is 2.65 bits per heavy atom. The van der Waals surface area contributed by atoms with Crippen LogP contribution in [0.1, 0.15) is 19.7 Å². The van der Waals surface area contributed by atoms with E-state index in [9.17, 15) is 8.42 Å². The molecule has 1 aromatic rings. The van der Waals surface area contributed by atoms with Crippen LogP contribution in [0.2, 0.25) is 0 Å². The molecule has 0 bridgehead atoms. The van der Waals surface area contributed by atoms with E-state index < -0.39 is 9.84 Å². The van der Waals surface area contributed by atoms with E-state index in [0.29, 0.717) is 16.2 Å². The van der Waals surface area contributed by atoms with Gasteiger partial charge in [-0.25, -0.2) is 18.4 Å². The minimum absolute atomic E-state index is 0.0794. The third-order valence-electron chi connectivity index (χ3n) is 2.00. The average molecular weight is 322 g/mol. The molecule has 5 nitrogen and oxygen atoms in total. The zero-order chi connectivity index (χ0) is 13.1. The number of anilines is 1. The van der Waals surface area contributed by atoms with Gasteiger partial charge in [0.05, 0.1) is 5.75 Å². The maximum Gasteiger partial charge on any atom is 0.149 e. The van der Waals surface area contributed by atoms with E-state index in [1.807, 2.05) is 13.8 Å². The van der Waals surface area contributed by atoms with Crippen molar-refractivity contribution in [1.29, 1.82) is 0 Å². The van der Waals surface area contributed by atoms with E-state index >= 15 is 0 Å². The molecular weight excluding hydrogens is 306 g/mol. The molecule has 7 heteroatoms. The normalized spacial score (nSPS) is 13.4. The molecule has 0 radical (unpaired) electrons. The molecular formula is C10H16BrN3O2S. The van der Waals surface area contributed by atoms with Crippen LogP contribution in [-0.2, 0) is 16.3 Å². The molecule has 0 saturated heterocycles. The maximum atomic E-state index is 11.1. The fraction of sp³-hybridized carbons (Fsp3) is 0.600. The van der Waals surface area contributed by atoms with Crippen LogP contribution in [0.5, 0.6) is 0 Å². The zero-order valence-electron chi connectivity index (χ0n) is 10.1. The van der Waals surface area contributed by atoms with Gasteiger partial charge in [0.15, 0.2) is 0 Å². The van der Waals surface area contributed by atoms with Gasteiger partial charge in [-0.2, -0.15) is 0 Å². The third-order valence-corrected chi connectivity index (χ3v) is 3.52. The molecule has 0 fully saturated rings. The summed E-state index contributed by atoms with van der Waals surface area (Å²) in [5.74, 6) is 1.43. The topological polar surface area (TPSA) is 72.0 Å². The van der Waals surface area contributed by atoms with E-state index in [1.165, 1.54) is 6.26 Å². The third kappa shape index (κ3) is 5.45. The average Bonchev–Trinajstić information content (AvgIpc) is 2.13. The van der Waals surface area contributed by atoms with Gasteiger partial charge in [0.2, 0.25) is 0 Å². The highest BCUT2D eigenvalue weighted by Gasteiger charge is 2.11. The van der Waals surface area contributed by atoms with Crippen molar-refractivity contribution in [1.82, 2.24) is 9.97 Å². The minimum Gasteiger partial charge on any atom is -0.366 e. The lowest BCUT2D eigenvalue weighted by Crippen LogP contribution is -2.25. The van der Waals surface area contributed by atoms with Crippen LogP contribution in [-0.4, -0.2) is 36.4 Å². The predicted octanol–water partition coefficient (Wildman–Crippen LogP) is 1.65. The van der Waals surface area contributed by atoms with Crippen molar-refractivity contribution in [3.63, 3.8) is 0 Å². The molecule has 0 aromatic carbocycles. The van der Waals surface area contributed by atoms with Crippen LogP contribution in [0.4, 0.5) is 5.82 Å². The van der Waals surface area contributed by atoms with Crippen molar-refractivity contribution in [3.05, 3.63) is 16.5 Å². The highest BCUT2D eigenvalue weighted by atomic mass is 79.9. The molecule has 96 valence electrons. The van der Waals surface area contributed by atoms with E-state index in [4.69, 9.17) is 0 Å². The SMILES string of the molecule is CCc1nc(Br)cc(NC(C)CS(C)(=O)=O)n1. The monoisotopic (exact) mass is 321 g/mol. The van der Waals surface area contributed by atoms with E-state index in [-0.39, 0.29) is 11.8 Å². The number of rotatable bonds is 5. The molecule has 0 saturated carbocycles. The first kappa shape index (κ1) is 14.4. The number of hydrogen-bond donors (Lipinski definition) is 1. The second kappa shape index (κ2) is 5.77. The standard InChI is InChI=1S/C10H16BrN3O2S/c1-4-9-13-8(11)5-10(14-9)12-7(2)6-17(3,15)16/h5,7H,4,6H2,1-3H3,(H,12,13,14). The van der Waals surface area contributed by atoms with E-state index in [0.717, 1.165) is 6.42 Å². The molecule has 1 aromatic heterocycles. The first-order valence-corrected chi connectivity index (χ1v) is 8.13. The molecule has 0 aliphatic carbocycles. The summed E-state index contributed by atoms with van der Waals surface area (Å²) < 4.78 is 23.0. The van der Waals surface area contributed by atoms with Crippen molar-refractivity contribution >= 4 is 31.6 Å². The number of aryl methyl sites for hydroxylation is 1. The van der Waals surface area contributed by atoms with Crippen LogP contribution in [0.3, 0.4) is 0 Å². The summed E-state index contributed by atoms with van der Waals surface area (Å²) in [7, 11) is -2.99. The Morgan fingerprint density at radius 1 is 1.47 bits per heavy atom. The van der Waals surface area contributed by atoms with Crippen LogP contribution in [0.15, 0.2) is 10.7 Å². The van der Waals surface area contributed by atoms with Crippen molar-refractivity contribution in [2.75, 3.05) is 17.3 Å². The fourth-order valence-electron chi connectivity index (χ4n) is 1.44. The van der Waals surface area contributed by atoms with Crippen LogP contribution < -0.4 is 5.32 Å². The number of aromatic nitrogens is 2. The lowest BCUT2D eigenvalue weighted by molar-refractivity contribution is 0.598. The predicted molar refractivity (Wildman–Crippen MR) is 71.9 cm³/mol. The summed E-state index contributed by atoms with van der Waals surface area (Å²) in [4.78, 5) is 8.46. The molecule has 0 amide bonds. The second-order valence-corrected chi connectivity index (χ2v) is 6.98. The van der Waals surface area contributed by atoms with Crippen LogP contribution >= 0.6 is 15.9 Å². The smallest absolute Gasteiger partial charge is 0.149 e. The molecule has 17 heavy (non-hydrogen) atoms. The van der Waals surface area contributed by atoms with E-state index in [1.54, 1.807) is 6.07 Å². The summed E-state index contributed by atoms with van der Waals surface area (Å²) >= 11 is 3.30. The molecule has 0 aliphatic heterocycles. The van der Waals surface area contributed by atoms with Gasteiger partial charge >= 0.3 is 0 Å². The molecule has 1 heterocycles. The summed E-state index contributed by atoms with van der Waals surface area (Å²) in [5.41, 5.74) is 0. The summed E-state index contributed by atoms with van der Waals surface area (Å²) in [5, 5.41) is 3.05. The summed E-state index contributed by atoms with van der Waals surface area (Å²) in [6, 6.07) is 1.55. The first-order chi connectivity index (χ1) is 7.80. The Bertz CT molecular complexity index is 490. The lowest BCUT2D eigenvalue weighted by atomic mass is 10.4. The van der Waals surface area contributed by atoms with Gasteiger partial charge < -0.3 is 5.32 Å². The molecule has 0 aliphatic rings.